The van der Waals surface area contributed by atoms with Crippen molar-refractivity contribution in [3.05, 3.63) is 24.0 Å². The van der Waals surface area contributed by atoms with Crippen LogP contribution in [0.5, 0.6) is 0 Å². The zero-order chi connectivity index (χ0) is 13.4. The highest BCUT2D eigenvalue weighted by molar-refractivity contribution is 5.94. The molecule has 1 heterocycles. The number of nitrogens with two attached hydrogens (primary N) is 1. The number of hydrogen-bond donors (Lipinski definition) is 3. The fourth-order valence-electron chi connectivity index (χ4n) is 1.46. The Hall–Kier alpha value is -2.11. The predicted molar refractivity (Wildman–Crippen MR) is 67.1 cm³/mol. The minimum absolute atomic E-state index is 0.174. The number of aliphatic carboxylic acids is 1. The molecule has 0 saturated carbocycles. The first-order valence-corrected chi connectivity index (χ1v) is 5.80. The van der Waals surface area contributed by atoms with E-state index in [1.807, 2.05) is 0 Å². The van der Waals surface area contributed by atoms with Crippen LogP contribution in [0.4, 0.5) is 5.69 Å². The smallest absolute Gasteiger partial charge is 0.303 e. The quantitative estimate of drug-likeness (QED) is 0.628. The third-order valence-electron chi connectivity index (χ3n) is 2.37. The molecular formula is C12H17N3O3. The molecule has 1 rings (SSSR count). The Kier molecular flexibility index (Phi) is 5.63. The van der Waals surface area contributed by atoms with E-state index in [-0.39, 0.29) is 12.3 Å². The zero-order valence-corrected chi connectivity index (χ0v) is 10.1. The number of nitrogens with zero attached hydrogens (tertiary/aromatic N) is 1. The van der Waals surface area contributed by atoms with Crippen LogP contribution >= 0.6 is 0 Å². The molecule has 98 valence electrons. The normalized spacial score (nSPS) is 10.0. The molecule has 0 saturated heterocycles. The number of anilines is 1. The third kappa shape index (κ3) is 5.29. The van der Waals surface area contributed by atoms with E-state index in [0.717, 1.165) is 12.8 Å². The molecule has 0 atom stereocenters. The molecule has 0 aliphatic heterocycles. The van der Waals surface area contributed by atoms with E-state index in [4.69, 9.17) is 10.8 Å². The molecule has 0 fully saturated rings. The van der Waals surface area contributed by atoms with Crippen molar-refractivity contribution >= 4 is 17.6 Å². The molecule has 6 heteroatoms. The lowest BCUT2D eigenvalue weighted by atomic mass is 10.2. The van der Waals surface area contributed by atoms with Crippen LogP contribution in [-0.2, 0) is 4.79 Å². The molecule has 0 aliphatic carbocycles. The maximum absolute atomic E-state index is 11.6. The summed E-state index contributed by atoms with van der Waals surface area (Å²) in [7, 11) is 0. The van der Waals surface area contributed by atoms with Gasteiger partial charge in [-0.3, -0.25) is 14.6 Å². The highest BCUT2D eigenvalue weighted by atomic mass is 16.4. The topological polar surface area (TPSA) is 105 Å². The maximum atomic E-state index is 11.6. The van der Waals surface area contributed by atoms with Gasteiger partial charge in [-0.15, -0.1) is 0 Å². The van der Waals surface area contributed by atoms with Gasteiger partial charge in [0.2, 0.25) is 0 Å². The molecule has 0 aromatic carbocycles. The second-order valence-corrected chi connectivity index (χ2v) is 3.97. The monoisotopic (exact) mass is 251 g/mol. The van der Waals surface area contributed by atoms with Crippen LogP contribution in [0.1, 0.15) is 36.0 Å². The minimum Gasteiger partial charge on any atom is -0.481 e. The van der Waals surface area contributed by atoms with Crippen molar-refractivity contribution in [1.82, 2.24) is 10.3 Å². The summed E-state index contributed by atoms with van der Waals surface area (Å²) in [5, 5.41) is 11.2. The minimum atomic E-state index is -0.787. The number of carbonyl (C=O) groups is 2. The van der Waals surface area contributed by atoms with Crippen LogP contribution < -0.4 is 11.1 Å². The van der Waals surface area contributed by atoms with Gasteiger partial charge in [-0.05, 0) is 18.9 Å². The number of rotatable bonds is 7. The van der Waals surface area contributed by atoms with E-state index in [2.05, 4.69) is 10.3 Å². The van der Waals surface area contributed by atoms with Crippen molar-refractivity contribution in [3.63, 3.8) is 0 Å². The van der Waals surface area contributed by atoms with E-state index in [9.17, 15) is 9.59 Å². The van der Waals surface area contributed by atoms with Crippen molar-refractivity contribution in [3.8, 4) is 0 Å². The van der Waals surface area contributed by atoms with Gasteiger partial charge in [0.15, 0.2) is 0 Å². The van der Waals surface area contributed by atoms with Gasteiger partial charge in [0, 0.05) is 25.4 Å². The van der Waals surface area contributed by atoms with Gasteiger partial charge in [0.05, 0.1) is 11.3 Å². The lowest BCUT2D eigenvalue weighted by Crippen LogP contribution is -2.24. The van der Waals surface area contributed by atoms with E-state index >= 15 is 0 Å². The summed E-state index contributed by atoms with van der Waals surface area (Å²) in [6.07, 6.45) is 5.27. The summed E-state index contributed by atoms with van der Waals surface area (Å²) in [6, 6.07) is 1.56. The average Bonchev–Trinajstić information content (AvgIpc) is 2.33. The Labute approximate surface area is 105 Å². The standard InChI is InChI=1S/C12H17N3O3/c13-10-6-9(7-14-8-10)12(18)15-5-3-1-2-4-11(16)17/h6-8H,1-5,13H2,(H,15,18)(H,16,17). The van der Waals surface area contributed by atoms with Crippen LogP contribution in [0.25, 0.3) is 0 Å². The molecule has 0 unspecified atom stereocenters. The van der Waals surface area contributed by atoms with Gasteiger partial charge in [-0.25, -0.2) is 0 Å². The number of pyridine rings is 1. The van der Waals surface area contributed by atoms with Gasteiger partial charge in [0.1, 0.15) is 0 Å². The molecule has 1 amide bonds. The largest absolute Gasteiger partial charge is 0.481 e. The van der Waals surface area contributed by atoms with Crippen molar-refractivity contribution in [2.45, 2.75) is 25.7 Å². The highest BCUT2D eigenvalue weighted by Gasteiger charge is 2.05. The number of nitrogens with one attached hydrogen (secondary N) is 1. The van der Waals surface area contributed by atoms with Crippen LogP contribution in [0, 0.1) is 0 Å². The summed E-state index contributed by atoms with van der Waals surface area (Å²) >= 11 is 0. The first-order valence-electron chi connectivity index (χ1n) is 5.80. The van der Waals surface area contributed by atoms with E-state index in [1.54, 1.807) is 6.07 Å². The zero-order valence-electron chi connectivity index (χ0n) is 10.1. The molecule has 18 heavy (non-hydrogen) atoms. The number of carboxylic acid groups (broad SMARTS) is 1. The Morgan fingerprint density at radius 1 is 1.28 bits per heavy atom. The molecule has 1 aromatic heterocycles. The van der Waals surface area contributed by atoms with Gasteiger partial charge < -0.3 is 16.2 Å². The molecule has 0 bridgehead atoms. The predicted octanol–water partition coefficient (Wildman–Crippen LogP) is 1.04. The van der Waals surface area contributed by atoms with Crippen molar-refractivity contribution < 1.29 is 14.7 Å². The van der Waals surface area contributed by atoms with Gasteiger partial charge in [0.25, 0.3) is 5.91 Å². The first-order chi connectivity index (χ1) is 8.59. The highest BCUT2D eigenvalue weighted by Crippen LogP contribution is 2.04. The summed E-state index contributed by atoms with van der Waals surface area (Å²) in [4.78, 5) is 25.7. The summed E-state index contributed by atoms with van der Waals surface area (Å²) in [5.41, 5.74) is 6.40. The van der Waals surface area contributed by atoms with Crippen LogP contribution in [-0.4, -0.2) is 28.5 Å². The molecule has 6 nitrogen and oxygen atoms in total. The fourth-order valence-corrected chi connectivity index (χ4v) is 1.46. The Balaban J connectivity index is 2.20. The fraction of sp³-hybridized carbons (Fsp3) is 0.417. The summed E-state index contributed by atoms with van der Waals surface area (Å²) in [6.45, 7) is 0.521. The van der Waals surface area contributed by atoms with Crippen molar-refractivity contribution in [2.75, 3.05) is 12.3 Å². The second-order valence-electron chi connectivity index (χ2n) is 3.97. The number of nitrogen functional groups attached to an aromatic ring is 1. The van der Waals surface area contributed by atoms with Crippen LogP contribution in [0.15, 0.2) is 18.5 Å². The average molecular weight is 251 g/mol. The number of aromatic nitrogens is 1. The molecular weight excluding hydrogens is 234 g/mol. The van der Waals surface area contributed by atoms with Gasteiger partial charge in [-0.2, -0.15) is 0 Å². The SMILES string of the molecule is Nc1cncc(C(=O)NCCCCCC(=O)O)c1. The van der Waals surface area contributed by atoms with E-state index < -0.39 is 5.97 Å². The number of amides is 1. The summed E-state index contributed by atoms with van der Waals surface area (Å²) in [5.74, 6) is -1.00. The lowest BCUT2D eigenvalue weighted by molar-refractivity contribution is -0.137. The Morgan fingerprint density at radius 2 is 2.06 bits per heavy atom. The Morgan fingerprint density at radius 3 is 2.72 bits per heavy atom. The number of carboxylic acids is 1. The van der Waals surface area contributed by atoms with E-state index in [0.29, 0.717) is 24.2 Å². The van der Waals surface area contributed by atoms with Gasteiger partial charge in [-0.1, -0.05) is 6.42 Å². The molecule has 0 spiro atoms. The second kappa shape index (κ2) is 7.26. The molecule has 1 aromatic rings. The molecule has 0 aliphatic rings. The van der Waals surface area contributed by atoms with Crippen molar-refractivity contribution in [2.24, 2.45) is 0 Å². The number of unbranched alkanes of at least 4 members (excludes halogenated alkanes) is 2. The Bertz CT molecular complexity index is 421. The molecule has 0 radical (unpaired) electrons. The number of carbonyl (C=O) groups excluding carboxylic acids is 1. The summed E-state index contributed by atoms with van der Waals surface area (Å²) < 4.78 is 0. The first kappa shape index (κ1) is 14.0. The van der Waals surface area contributed by atoms with Crippen LogP contribution in [0.3, 0.4) is 0 Å². The third-order valence-corrected chi connectivity index (χ3v) is 2.37. The molecule has 4 N–H and O–H groups in total. The lowest BCUT2D eigenvalue weighted by Gasteiger charge is -2.05. The number of hydrogen-bond acceptors (Lipinski definition) is 4. The van der Waals surface area contributed by atoms with Crippen molar-refractivity contribution in [1.29, 1.82) is 0 Å². The van der Waals surface area contributed by atoms with Crippen LogP contribution in [0.2, 0.25) is 0 Å². The van der Waals surface area contributed by atoms with E-state index in [1.165, 1.54) is 12.4 Å². The maximum Gasteiger partial charge on any atom is 0.303 e. The van der Waals surface area contributed by atoms with Gasteiger partial charge >= 0.3 is 5.97 Å².